The van der Waals surface area contributed by atoms with E-state index >= 15 is 0 Å². The average Bonchev–Trinajstić information content (AvgIpc) is 3.20. The van der Waals surface area contributed by atoms with Crippen LogP contribution in [-0.4, -0.2) is 21.2 Å². The number of nitrogens with two attached hydrogens (primary N) is 1. The maximum Gasteiger partial charge on any atom is 0.158 e. The standard InChI is InChI=1S/C17H22N6S2.2ClH/c1-5-11(18)12-8-24-14(22-12)7-21-23-15-10-6-13(17(2,3)4)25-16(10)20-9-19-15;;/h6-9,11H,5,18H2,1-4H3,(H,19,20,23);2*1H/b21-7+;;. The second kappa shape index (κ2) is 9.75. The summed E-state index contributed by atoms with van der Waals surface area (Å²) in [6.45, 7) is 8.62. The van der Waals surface area contributed by atoms with Crippen LogP contribution in [0.4, 0.5) is 5.82 Å². The van der Waals surface area contributed by atoms with Crippen molar-refractivity contribution in [3.05, 3.63) is 33.4 Å². The highest BCUT2D eigenvalue weighted by Gasteiger charge is 2.18. The van der Waals surface area contributed by atoms with E-state index < -0.39 is 0 Å². The zero-order valence-corrected chi connectivity index (χ0v) is 18.9. The minimum Gasteiger partial charge on any atom is -0.323 e. The minimum atomic E-state index is -0.0190. The number of hydrazone groups is 1. The Labute approximate surface area is 179 Å². The molecule has 0 fully saturated rings. The summed E-state index contributed by atoms with van der Waals surface area (Å²) in [5, 5.41) is 8.06. The lowest BCUT2D eigenvalue weighted by Gasteiger charge is -2.14. The zero-order chi connectivity index (χ0) is 18.0. The van der Waals surface area contributed by atoms with E-state index in [1.54, 1.807) is 23.9 Å². The van der Waals surface area contributed by atoms with Gasteiger partial charge in [0, 0.05) is 16.3 Å². The lowest BCUT2D eigenvalue weighted by molar-refractivity contribution is 0.604. The molecule has 27 heavy (non-hydrogen) atoms. The molecule has 0 aromatic carbocycles. The molecule has 0 radical (unpaired) electrons. The van der Waals surface area contributed by atoms with Crippen molar-refractivity contribution in [1.29, 1.82) is 0 Å². The maximum absolute atomic E-state index is 6.00. The Bertz CT molecular complexity index is 900. The SMILES string of the molecule is CCC(N)c1csc(/C=N/Nc2ncnc3sc(C(C)(C)C)cc23)n1.Cl.Cl. The predicted molar refractivity (Wildman–Crippen MR) is 121 cm³/mol. The number of rotatable bonds is 5. The van der Waals surface area contributed by atoms with Gasteiger partial charge in [-0.15, -0.1) is 47.5 Å². The molecular formula is C17H24Cl2N6S2. The molecule has 148 valence electrons. The molecule has 3 rings (SSSR count). The topological polar surface area (TPSA) is 89.1 Å². The van der Waals surface area contributed by atoms with Gasteiger partial charge in [0.15, 0.2) is 5.82 Å². The van der Waals surface area contributed by atoms with E-state index in [-0.39, 0.29) is 36.3 Å². The molecule has 0 amide bonds. The van der Waals surface area contributed by atoms with Crippen molar-refractivity contribution in [2.75, 3.05) is 5.43 Å². The lowest BCUT2D eigenvalue weighted by atomic mass is 9.94. The van der Waals surface area contributed by atoms with Gasteiger partial charge >= 0.3 is 0 Å². The number of nitrogens with zero attached hydrogens (tertiary/aromatic N) is 4. The highest BCUT2D eigenvalue weighted by atomic mass is 35.5. The van der Waals surface area contributed by atoms with Crippen LogP contribution in [0, 0.1) is 0 Å². The molecule has 3 aromatic heterocycles. The van der Waals surface area contributed by atoms with E-state index in [0.717, 1.165) is 27.3 Å². The van der Waals surface area contributed by atoms with E-state index in [0.29, 0.717) is 5.82 Å². The van der Waals surface area contributed by atoms with E-state index in [1.165, 1.54) is 16.2 Å². The van der Waals surface area contributed by atoms with Crippen molar-refractivity contribution < 1.29 is 0 Å². The number of hydrogen-bond donors (Lipinski definition) is 2. The van der Waals surface area contributed by atoms with E-state index in [4.69, 9.17) is 5.73 Å². The average molecular weight is 447 g/mol. The van der Waals surface area contributed by atoms with Crippen LogP contribution in [0.5, 0.6) is 0 Å². The minimum absolute atomic E-state index is 0. The van der Waals surface area contributed by atoms with Gasteiger partial charge in [-0.3, -0.25) is 5.43 Å². The van der Waals surface area contributed by atoms with Crippen LogP contribution in [0.15, 0.2) is 22.9 Å². The molecule has 6 nitrogen and oxygen atoms in total. The molecule has 0 aliphatic carbocycles. The monoisotopic (exact) mass is 446 g/mol. The molecular weight excluding hydrogens is 423 g/mol. The van der Waals surface area contributed by atoms with Gasteiger partial charge in [-0.2, -0.15) is 5.10 Å². The van der Waals surface area contributed by atoms with Gasteiger partial charge in [-0.05, 0) is 17.9 Å². The molecule has 3 aromatic rings. The quantitative estimate of drug-likeness (QED) is 0.417. The summed E-state index contributed by atoms with van der Waals surface area (Å²) in [4.78, 5) is 15.4. The van der Waals surface area contributed by atoms with Crippen LogP contribution in [0.3, 0.4) is 0 Å². The normalized spacial score (nSPS) is 12.6. The molecule has 0 bridgehead atoms. The van der Waals surface area contributed by atoms with Gasteiger partial charge in [0.25, 0.3) is 0 Å². The molecule has 0 saturated heterocycles. The summed E-state index contributed by atoms with van der Waals surface area (Å²) in [6, 6.07) is 2.12. The molecule has 0 spiro atoms. The number of anilines is 1. The number of halogens is 2. The highest BCUT2D eigenvalue weighted by molar-refractivity contribution is 7.18. The van der Waals surface area contributed by atoms with Crippen LogP contribution in [0.1, 0.15) is 55.7 Å². The molecule has 1 unspecified atom stereocenters. The first-order valence-corrected chi connectivity index (χ1v) is 9.83. The number of nitrogens with one attached hydrogen (secondary N) is 1. The van der Waals surface area contributed by atoms with Crippen LogP contribution >= 0.6 is 47.5 Å². The summed E-state index contributed by atoms with van der Waals surface area (Å²) in [5.41, 5.74) is 10.0. The fraction of sp³-hybridized carbons (Fsp3) is 0.412. The smallest absolute Gasteiger partial charge is 0.158 e. The van der Waals surface area contributed by atoms with Gasteiger partial charge < -0.3 is 5.73 Å². The Morgan fingerprint density at radius 3 is 2.70 bits per heavy atom. The largest absolute Gasteiger partial charge is 0.323 e. The number of hydrogen-bond acceptors (Lipinski definition) is 8. The van der Waals surface area contributed by atoms with Crippen LogP contribution in [0.25, 0.3) is 10.2 Å². The van der Waals surface area contributed by atoms with Gasteiger partial charge in [0.1, 0.15) is 16.2 Å². The zero-order valence-electron chi connectivity index (χ0n) is 15.6. The van der Waals surface area contributed by atoms with Crippen molar-refractivity contribution >= 4 is 69.7 Å². The lowest BCUT2D eigenvalue weighted by Crippen LogP contribution is -2.08. The predicted octanol–water partition coefficient (Wildman–Crippen LogP) is 5.14. The molecule has 3 heterocycles. The van der Waals surface area contributed by atoms with Crippen LogP contribution in [-0.2, 0) is 5.41 Å². The third kappa shape index (κ3) is 5.58. The second-order valence-electron chi connectivity index (χ2n) is 6.80. The van der Waals surface area contributed by atoms with Crippen LogP contribution < -0.4 is 11.2 Å². The fourth-order valence-electron chi connectivity index (χ4n) is 2.20. The Kier molecular flexibility index (Phi) is 8.56. The molecule has 1 atom stereocenters. The van der Waals surface area contributed by atoms with E-state index in [2.05, 4.69) is 52.3 Å². The van der Waals surface area contributed by atoms with Crippen molar-refractivity contribution in [1.82, 2.24) is 15.0 Å². The molecule has 0 aliphatic heterocycles. The van der Waals surface area contributed by atoms with Crippen LogP contribution in [0.2, 0.25) is 0 Å². The molecule has 10 heteroatoms. The molecule has 0 saturated carbocycles. The first kappa shape index (κ1) is 23.7. The van der Waals surface area contributed by atoms with Crippen molar-refractivity contribution in [3.8, 4) is 0 Å². The third-order valence-corrected chi connectivity index (χ3v) is 6.04. The van der Waals surface area contributed by atoms with Crippen molar-refractivity contribution in [3.63, 3.8) is 0 Å². The van der Waals surface area contributed by atoms with E-state index in [9.17, 15) is 0 Å². The molecule has 0 aliphatic rings. The summed E-state index contributed by atoms with van der Waals surface area (Å²) >= 11 is 3.22. The van der Waals surface area contributed by atoms with Gasteiger partial charge in [0.05, 0.1) is 17.3 Å². The van der Waals surface area contributed by atoms with E-state index in [1.807, 2.05) is 12.3 Å². The van der Waals surface area contributed by atoms with Gasteiger partial charge in [0.2, 0.25) is 0 Å². The summed E-state index contributed by atoms with van der Waals surface area (Å²) in [7, 11) is 0. The van der Waals surface area contributed by atoms with Gasteiger partial charge in [-0.1, -0.05) is 27.7 Å². The highest BCUT2D eigenvalue weighted by Crippen LogP contribution is 2.35. The number of fused-ring (bicyclic) bond motifs is 1. The summed E-state index contributed by atoms with van der Waals surface area (Å²) in [6.07, 6.45) is 4.12. The first-order chi connectivity index (χ1) is 11.9. The second-order valence-corrected chi connectivity index (χ2v) is 8.72. The molecule has 3 N–H and O–H groups in total. The Hall–Kier alpha value is -1.32. The number of thiophene rings is 1. The van der Waals surface area contributed by atoms with Crippen molar-refractivity contribution in [2.45, 2.75) is 45.6 Å². The Morgan fingerprint density at radius 2 is 2.04 bits per heavy atom. The summed E-state index contributed by atoms with van der Waals surface area (Å²) < 4.78 is 0. The maximum atomic E-state index is 6.00. The van der Waals surface area contributed by atoms with Crippen molar-refractivity contribution in [2.24, 2.45) is 10.8 Å². The third-order valence-electron chi connectivity index (χ3n) is 3.77. The first-order valence-electron chi connectivity index (χ1n) is 8.13. The summed E-state index contributed by atoms with van der Waals surface area (Å²) in [5.74, 6) is 0.704. The number of thiazole rings is 1. The Morgan fingerprint density at radius 1 is 1.30 bits per heavy atom. The fourth-order valence-corrected chi connectivity index (χ4v) is 4.00. The Balaban J connectivity index is 0.00000182. The van der Waals surface area contributed by atoms with Gasteiger partial charge in [-0.25, -0.2) is 15.0 Å². The number of aromatic nitrogens is 3.